The first kappa shape index (κ1) is 50.5. The van der Waals surface area contributed by atoms with Crippen LogP contribution in [0.1, 0.15) is 24.8 Å². The van der Waals surface area contributed by atoms with Crippen molar-refractivity contribution in [2.24, 2.45) is 0 Å². The fraction of sp³-hybridized carbons (Fsp3) is 0.0110. The van der Waals surface area contributed by atoms with E-state index in [1.165, 1.54) is 33.0 Å². The summed E-state index contributed by atoms with van der Waals surface area (Å²) in [6.45, 7) is 0. The third kappa shape index (κ3) is 10.6. The molecule has 1 aliphatic carbocycles. The number of benzene rings is 14. The zero-order valence-electron chi connectivity index (χ0n) is 64.1. The quantitative estimate of drug-likeness (QED) is 0.155. The molecule has 0 aliphatic heterocycles. The van der Waals surface area contributed by atoms with Gasteiger partial charge in [-0.3, -0.25) is 0 Å². The molecule has 7 aromatic heterocycles. The molecule has 0 radical (unpaired) electrons. The molecule has 7 heterocycles. The van der Waals surface area contributed by atoms with Crippen LogP contribution in [0.3, 0.4) is 0 Å². The first-order valence-electron chi connectivity index (χ1n) is 38.3. The summed E-state index contributed by atoms with van der Waals surface area (Å²) in [7, 11) is 0. The Hall–Kier alpha value is -12.8. The van der Waals surface area contributed by atoms with Gasteiger partial charge in [-0.05, 0) is 126 Å². The van der Waals surface area contributed by atoms with E-state index >= 15 is 0 Å². The minimum absolute atomic E-state index is 0.0133. The van der Waals surface area contributed by atoms with Gasteiger partial charge in [-0.1, -0.05) is 230 Å². The summed E-state index contributed by atoms with van der Waals surface area (Å²) in [4.78, 5) is 28.9. The molecule has 0 unspecified atom stereocenters. The van der Waals surface area contributed by atoms with Crippen molar-refractivity contribution < 1.29 is 22.5 Å². The number of furan rings is 2. The molecule has 0 amide bonds. The Morgan fingerprint density at radius 3 is 1.23 bits per heavy atom. The number of fused-ring (bicyclic) bond motifs is 18. The van der Waals surface area contributed by atoms with E-state index in [1.54, 1.807) is 28.7 Å². The van der Waals surface area contributed by atoms with Crippen LogP contribution in [0.5, 0.6) is 0 Å². The van der Waals surface area contributed by atoms with Crippen LogP contribution in [-0.4, -0.2) is 34.5 Å². The number of thiophene rings is 2. The minimum Gasteiger partial charge on any atom is -0.456 e. The highest BCUT2D eigenvalue weighted by atomic mass is 35.5. The summed E-state index contributed by atoms with van der Waals surface area (Å²) in [6.07, 6.45) is 1.10. The molecule has 0 bridgehead atoms. The Kier molecular flexibility index (Phi) is 12.2. The topological polar surface area (TPSA) is 109 Å². The van der Waals surface area contributed by atoms with Crippen LogP contribution in [-0.2, 0) is 6.42 Å². The number of nitrogens with zero attached hydrogens (tertiary/aromatic N) is 7. The number of rotatable bonds is 7. The predicted octanol–water partition coefficient (Wildman–Crippen LogP) is 25.3. The van der Waals surface area contributed by atoms with E-state index < -0.39 is 36.3 Å². The molecule has 22 rings (SSSR count). The molecule has 12 heteroatoms. The van der Waals surface area contributed by atoms with Crippen LogP contribution < -0.4 is 0 Å². The van der Waals surface area contributed by atoms with Crippen molar-refractivity contribution in [3.8, 4) is 85.1 Å². The summed E-state index contributed by atoms with van der Waals surface area (Å²) in [5.41, 5.74) is 14.2. The average Bonchev–Trinajstić information content (AvgIpc) is 1.74. The van der Waals surface area contributed by atoms with Crippen molar-refractivity contribution in [3.63, 3.8) is 0 Å². The first-order valence-corrected chi connectivity index (χ1v) is 35.3. The largest absolute Gasteiger partial charge is 0.456 e. The Morgan fingerprint density at radius 1 is 0.311 bits per heavy atom. The van der Waals surface area contributed by atoms with Crippen LogP contribution in [0.25, 0.3) is 191 Å². The summed E-state index contributed by atoms with van der Waals surface area (Å²) < 4.78 is 103. The van der Waals surface area contributed by atoms with E-state index in [9.17, 15) is 0 Å². The maximum Gasteiger partial charge on any atom is 0.165 e. The highest BCUT2D eigenvalue weighted by molar-refractivity contribution is 7.26. The van der Waals surface area contributed by atoms with E-state index in [0.29, 0.717) is 44.5 Å². The Balaban J connectivity index is 0.000000129. The van der Waals surface area contributed by atoms with E-state index in [-0.39, 0.29) is 58.6 Å². The summed E-state index contributed by atoms with van der Waals surface area (Å²) in [5.74, 6) is 1.18. The molecular weight excluding hydrogens is 1320 g/mol. The molecule has 0 spiro atoms. The predicted molar refractivity (Wildman–Crippen MR) is 427 cm³/mol. The van der Waals surface area contributed by atoms with Gasteiger partial charge in [0.1, 0.15) is 22.3 Å². The van der Waals surface area contributed by atoms with Gasteiger partial charge in [-0.2, -0.15) is 0 Å². The van der Waals surface area contributed by atoms with Gasteiger partial charge in [0.05, 0.1) is 24.7 Å². The summed E-state index contributed by atoms with van der Waals surface area (Å²) >= 11 is 9.49. The molecule has 484 valence electrons. The van der Waals surface area contributed by atoms with E-state index in [0.717, 1.165) is 102 Å². The highest BCUT2D eigenvalue weighted by Gasteiger charge is 2.23. The van der Waals surface area contributed by atoms with Crippen LogP contribution >= 0.6 is 34.3 Å². The van der Waals surface area contributed by atoms with Crippen LogP contribution in [0.4, 0.5) is 0 Å². The van der Waals surface area contributed by atoms with Gasteiger partial charge in [-0.25, -0.2) is 29.9 Å². The number of aromatic nitrogens is 7. The van der Waals surface area contributed by atoms with Crippen LogP contribution in [0.15, 0.2) is 324 Å². The maximum absolute atomic E-state index is 8.77. The molecule has 0 N–H and O–H groups in total. The standard InChI is InChI=1S/C45H26N4OS.C33H18ClN3OS.C13H10/c1-2-11-27(12-3-1)43-46-44(48-45(47-43)35-17-10-16-34-33-15-6-9-20-41(33)51-42(34)35)28-21-23-32-36-26-29(22-24-39(36)50-40(32)25-28)49-37-18-7-4-13-30(37)31-14-5-8-19-38(31)49;34-21-14-16-27-26(18-21)22-15-13-20(17-28(22)38-27)32-35-31(19-7-2-1-3-8-19)36-33(37-32)25-11-6-10-24-23-9-4-5-12-29(23)39-30(24)25;1-3-7-12-10(5-1)9-11-6-2-4-8-13(11)12/h1-26H;1-18H;1-8H,9H2/i1D,2D,3D,11D,12D;1D,2D,3D,7D,8D;. The lowest BCUT2D eigenvalue weighted by molar-refractivity contribution is 0.668. The second kappa shape index (κ2) is 24.8. The van der Waals surface area contributed by atoms with Gasteiger partial charge in [-0.15, -0.1) is 22.7 Å². The molecule has 0 saturated heterocycles. The smallest absolute Gasteiger partial charge is 0.165 e. The van der Waals surface area contributed by atoms with Gasteiger partial charge >= 0.3 is 0 Å². The molecule has 103 heavy (non-hydrogen) atoms. The van der Waals surface area contributed by atoms with Crippen LogP contribution in [0, 0.1) is 0 Å². The molecule has 0 fully saturated rings. The monoisotopic (exact) mass is 1390 g/mol. The fourth-order valence-electron chi connectivity index (χ4n) is 14.3. The Labute approximate surface area is 616 Å². The normalized spacial score (nSPS) is 13.3. The SMILES string of the molecule is [2H]c1c([2H])c([2H])c(-c2nc(-c3ccc4c(c3)oc3ccc(-n5c6ccccc6c6ccccc65)cc34)nc(-c3cccc4c3sc3ccccc34)n2)c([2H])c1[2H].[2H]c1c([2H])c([2H])c(-c2nc(-c3ccc4c(c3)oc3ccc(Cl)cc34)nc(-c3cccc4c3sc3ccccc34)n2)c([2H])c1[2H].c1ccc2c(c1)Cc1ccccc1-2. The van der Waals surface area contributed by atoms with Gasteiger partial charge in [0.25, 0.3) is 0 Å². The van der Waals surface area contributed by atoms with Crippen molar-refractivity contribution in [1.29, 1.82) is 0 Å². The zero-order chi connectivity index (χ0) is 76.8. The lowest BCUT2D eigenvalue weighted by atomic mass is 10.1. The third-order valence-corrected chi connectivity index (χ3v) is 21.6. The van der Waals surface area contributed by atoms with Crippen molar-refractivity contribution in [1.82, 2.24) is 34.5 Å². The number of hydrogen-bond acceptors (Lipinski definition) is 10. The maximum atomic E-state index is 8.77. The second-order valence-corrected chi connectivity index (χ2v) is 27.5. The molecule has 9 nitrogen and oxygen atoms in total. The Bertz CT molecular complexity index is 7470. The Morgan fingerprint density at radius 2 is 0.718 bits per heavy atom. The fourth-order valence-corrected chi connectivity index (χ4v) is 16.9. The first-order chi connectivity index (χ1) is 55.1. The molecular formula is C91H54ClN7O2S2. The molecule has 21 aromatic rings. The summed E-state index contributed by atoms with van der Waals surface area (Å²) in [6, 6.07) is 81.1. The number of para-hydroxylation sites is 2. The van der Waals surface area contributed by atoms with E-state index in [2.05, 4.69) is 155 Å². The van der Waals surface area contributed by atoms with E-state index in [4.69, 9.17) is 59.1 Å². The van der Waals surface area contributed by atoms with Crippen LogP contribution in [0.2, 0.25) is 5.02 Å². The molecule has 14 aromatic carbocycles. The van der Waals surface area contributed by atoms with Crippen molar-refractivity contribution in [3.05, 3.63) is 331 Å². The third-order valence-electron chi connectivity index (χ3n) is 19.0. The summed E-state index contributed by atoms with van der Waals surface area (Å²) in [5, 5.41) is 10.9. The van der Waals surface area contributed by atoms with Crippen molar-refractivity contribution in [2.45, 2.75) is 6.42 Å². The minimum atomic E-state index is -0.483. The zero-order valence-corrected chi connectivity index (χ0v) is 56.5. The molecule has 0 saturated carbocycles. The second-order valence-electron chi connectivity index (χ2n) is 25.0. The highest BCUT2D eigenvalue weighted by Crippen LogP contribution is 2.44. The van der Waals surface area contributed by atoms with Crippen molar-refractivity contribution >= 4 is 140 Å². The van der Waals surface area contributed by atoms with E-state index in [1.807, 2.05) is 103 Å². The van der Waals surface area contributed by atoms with Gasteiger partial charge < -0.3 is 13.4 Å². The average molecular weight is 1390 g/mol. The number of halogens is 1. The lowest BCUT2D eigenvalue weighted by Gasteiger charge is -2.09. The number of hydrogen-bond donors (Lipinski definition) is 0. The van der Waals surface area contributed by atoms with Gasteiger partial charge in [0.15, 0.2) is 34.9 Å². The molecule has 1 aliphatic rings. The van der Waals surface area contributed by atoms with Gasteiger partial charge in [0.2, 0.25) is 0 Å². The lowest BCUT2D eigenvalue weighted by Crippen LogP contribution is -2.00. The molecule has 0 atom stereocenters. The van der Waals surface area contributed by atoms with Gasteiger partial charge in [0, 0.05) is 117 Å². The van der Waals surface area contributed by atoms with Crippen molar-refractivity contribution in [2.75, 3.05) is 0 Å².